The zero-order valence-corrected chi connectivity index (χ0v) is 9.89. The number of carboxylic acid groups (broad SMARTS) is 1. The molecule has 1 aliphatic rings. The average molecular weight is 252 g/mol. The lowest BCUT2D eigenvalue weighted by atomic mass is 10.1. The van der Waals surface area contributed by atoms with E-state index in [2.05, 4.69) is 5.32 Å². The van der Waals surface area contributed by atoms with Crippen molar-refractivity contribution in [1.82, 2.24) is 5.32 Å². The van der Waals surface area contributed by atoms with Crippen molar-refractivity contribution in [3.8, 4) is 5.75 Å². The molecule has 1 amide bonds. The average Bonchev–Trinajstić information content (AvgIpc) is 2.82. The molecule has 4 N–H and O–H groups in total. The highest BCUT2D eigenvalue weighted by atomic mass is 16.5. The van der Waals surface area contributed by atoms with Crippen molar-refractivity contribution in [1.29, 1.82) is 0 Å². The largest absolute Gasteiger partial charge is 0.488 e. The summed E-state index contributed by atoms with van der Waals surface area (Å²) in [6, 6.07) is 5.24. The minimum atomic E-state index is -1.08. The van der Waals surface area contributed by atoms with Gasteiger partial charge in [-0.2, -0.15) is 0 Å². The monoisotopic (exact) mass is 252 g/mol. The number of rotatable bonds is 4. The first-order chi connectivity index (χ1) is 8.65. The van der Waals surface area contributed by atoms with E-state index in [-0.39, 0.29) is 12.6 Å². The quantitative estimate of drug-likeness (QED) is 0.700. The van der Waals surface area contributed by atoms with Gasteiger partial charge in [0.15, 0.2) is 0 Å². The van der Waals surface area contributed by atoms with Gasteiger partial charge in [-0.3, -0.25) is 0 Å². The number of benzene rings is 1. The Bertz CT molecular complexity index is 430. The van der Waals surface area contributed by atoms with Crippen LogP contribution in [0.25, 0.3) is 0 Å². The Morgan fingerprint density at radius 1 is 1.61 bits per heavy atom. The SMILES string of the molecule is Nc1ccc(OC2CCOC2)cc1CNC(=O)O. The molecule has 1 unspecified atom stereocenters. The summed E-state index contributed by atoms with van der Waals surface area (Å²) in [5, 5.41) is 10.8. The van der Waals surface area contributed by atoms with Crippen molar-refractivity contribution < 1.29 is 19.4 Å². The first kappa shape index (κ1) is 12.5. The van der Waals surface area contributed by atoms with Gasteiger partial charge in [0, 0.05) is 18.7 Å². The summed E-state index contributed by atoms with van der Waals surface area (Å²) in [5.74, 6) is 0.682. The highest BCUT2D eigenvalue weighted by molar-refractivity contribution is 5.65. The van der Waals surface area contributed by atoms with Crippen LogP contribution in [0.4, 0.5) is 10.5 Å². The van der Waals surface area contributed by atoms with Gasteiger partial charge in [0.05, 0.1) is 13.2 Å². The molecule has 1 fully saturated rings. The molecule has 1 aliphatic heterocycles. The number of carbonyl (C=O) groups is 1. The molecule has 1 saturated heterocycles. The molecule has 0 spiro atoms. The Balaban J connectivity index is 2.02. The van der Waals surface area contributed by atoms with Crippen LogP contribution >= 0.6 is 0 Å². The fraction of sp³-hybridized carbons (Fsp3) is 0.417. The van der Waals surface area contributed by atoms with Crippen molar-refractivity contribution >= 4 is 11.8 Å². The molecule has 98 valence electrons. The van der Waals surface area contributed by atoms with Crippen molar-refractivity contribution in [2.24, 2.45) is 0 Å². The van der Waals surface area contributed by atoms with Gasteiger partial charge in [0.2, 0.25) is 0 Å². The molecular formula is C12H16N2O4. The number of amides is 1. The van der Waals surface area contributed by atoms with E-state index in [4.69, 9.17) is 20.3 Å². The van der Waals surface area contributed by atoms with Crippen LogP contribution in [0, 0.1) is 0 Å². The van der Waals surface area contributed by atoms with E-state index in [0.717, 1.165) is 6.42 Å². The number of nitrogens with two attached hydrogens (primary N) is 1. The van der Waals surface area contributed by atoms with Crippen LogP contribution < -0.4 is 15.8 Å². The Kier molecular flexibility index (Phi) is 3.88. The number of nitrogens with one attached hydrogen (secondary N) is 1. The first-order valence-corrected chi connectivity index (χ1v) is 5.75. The van der Waals surface area contributed by atoms with Gasteiger partial charge in [-0.05, 0) is 23.8 Å². The van der Waals surface area contributed by atoms with Gasteiger partial charge in [-0.15, -0.1) is 0 Å². The molecule has 1 aromatic rings. The molecule has 1 atom stereocenters. The summed E-state index contributed by atoms with van der Waals surface area (Å²) >= 11 is 0. The molecule has 6 heteroatoms. The standard InChI is InChI=1S/C12H16N2O4/c13-11-2-1-9(18-10-3-4-17-7-10)5-8(11)6-14-12(15)16/h1-2,5,10,14H,3-4,6-7,13H2,(H,15,16). The predicted molar refractivity (Wildman–Crippen MR) is 65.6 cm³/mol. The zero-order chi connectivity index (χ0) is 13.0. The number of anilines is 1. The van der Waals surface area contributed by atoms with Crippen molar-refractivity contribution in [3.63, 3.8) is 0 Å². The fourth-order valence-corrected chi connectivity index (χ4v) is 1.78. The minimum Gasteiger partial charge on any atom is -0.488 e. The molecule has 0 radical (unpaired) electrons. The second-order valence-electron chi connectivity index (χ2n) is 4.12. The Hall–Kier alpha value is -1.95. The summed E-state index contributed by atoms with van der Waals surface area (Å²) in [4.78, 5) is 10.4. The maximum absolute atomic E-state index is 10.4. The van der Waals surface area contributed by atoms with Crippen LogP contribution in [-0.2, 0) is 11.3 Å². The molecule has 2 rings (SSSR count). The molecule has 1 heterocycles. The minimum absolute atomic E-state index is 0.0638. The Morgan fingerprint density at radius 2 is 2.44 bits per heavy atom. The van der Waals surface area contributed by atoms with Gasteiger partial charge >= 0.3 is 6.09 Å². The second kappa shape index (κ2) is 5.59. The van der Waals surface area contributed by atoms with E-state index in [1.807, 2.05) is 0 Å². The molecule has 18 heavy (non-hydrogen) atoms. The molecule has 1 aromatic carbocycles. The van der Waals surface area contributed by atoms with Crippen LogP contribution in [-0.4, -0.2) is 30.5 Å². The van der Waals surface area contributed by atoms with E-state index in [0.29, 0.717) is 30.2 Å². The molecule has 0 aliphatic carbocycles. The van der Waals surface area contributed by atoms with Gasteiger partial charge in [0.1, 0.15) is 11.9 Å². The van der Waals surface area contributed by atoms with Gasteiger partial charge in [-0.1, -0.05) is 0 Å². The third-order valence-corrected chi connectivity index (χ3v) is 2.74. The van der Waals surface area contributed by atoms with E-state index in [1.165, 1.54) is 0 Å². The van der Waals surface area contributed by atoms with Gasteiger partial charge in [-0.25, -0.2) is 4.79 Å². The third-order valence-electron chi connectivity index (χ3n) is 2.74. The van der Waals surface area contributed by atoms with Crippen LogP contribution in [0.3, 0.4) is 0 Å². The summed E-state index contributed by atoms with van der Waals surface area (Å²) < 4.78 is 10.9. The van der Waals surface area contributed by atoms with Crippen LogP contribution in [0.1, 0.15) is 12.0 Å². The van der Waals surface area contributed by atoms with Crippen LogP contribution in [0.2, 0.25) is 0 Å². The normalized spacial score (nSPS) is 18.6. The maximum atomic E-state index is 10.4. The lowest BCUT2D eigenvalue weighted by molar-refractivity contribution is 0.141. The Labute approximate surface area is 105 Å². The molecule has 0 bridgehead atoms. The maximum Gasteiger partial charge on any atom is 0.404 e. The highest BCUT2D eigenvalue weighted by Gasteiger charge is 2.17. The zero-order valence-electron chi connectivity index (χ0n) is 9.89. The van der Waals surface area contributed by atoms with Crippen LogP contribution in [0.15, 0.2) is 18.2 Å². The lowest BCUT2D eigenvalue weighted by Crippen LogP contribution is -2.21. The van der Waals surface area contributed by atoms with Crippen molar-refractivity contribution in [2.45, 2.75) is 19.1 Å². The van der Waals surface area contributed by atoms with Gasteiger partial charge in [0.25, 0.3) is 0 Å². The smallest absolute Gasteiger partial charge is 0.404 e. The second-order valence-corrected chi connectivity index (χ2v) is 4.12. The number of hydrogen-bond acceptors (Lipinski definition) is 4. The molecule has 6 nitrogen and oxygen atoms in total. The lowest BCUT2D eigenvalue weighted by Gasteiger charge is -2.14. The van der Waals surface area contributed by atoms with Crippen LogP contribution in [0.5, 0.6) is 5.75 Å². The number of ether oxygens (including phenoxy) is 2. The highest BCUT2D eigenvalue weighted by Crippen LogP contribution is 2.22. The van der Waals surface area contributed by atoms with E-state index < -0.39 is 6.09 Å². The first-order valence-electron chi connectivity index (χ1n) is 5.75. The topological polar surface area (TPSA) is 93.8 Å². The number of hydrogen-bond donors (Lipinski definition) is 3. The van der Waals surface area contributed by atoms with Crippen molar-refractivity contribution in [3.05, 3.63) is 23.8 Å². The fourth-order valence-electron chi connectivity index (χ4n) is 1.78. The molecular weight excluding hydrogens is 236 g/mol. The van der Waals surface area contributed by atoms with Crippen molar-refractivity contribution in [2.75, 3.05) is 18.9 Å². The summed E-state index contributed by atoms with van der Waals surface area (Å²) in [5.41, 5.74) is 7.01. The Morgan fingerprint density at radius 3 is 3.11 bits per heavy atom. The summed E-state index contributed by atoms with van der Waals surface area (Å²) in [6.45, 7) is 1.47. The summed E-state index contributed by atoms with van der Waals surface area (Å²) in [6.07, 6.45) is -0.147. The van der Waals surface area contributed by atoms with E-state index in [1.54, 1.807) is 18.2 Å². The molecule has 0 aromatic heterocycles. The summed E-state index contributed by atoms with van der Waals surface area (Å²) in [7, 11) is 0. The van der Waals surface area contributed by atoms with E-state index in [9.17, 15) is 4.79 Å². The van der Waals surface area contributed by atoms with E-state index >= 15 is 0 Å². The number of nitrogen functional groups attached to an aromatic ring is 1. The third kappa shape index (κ3) is 3.27. The predicted octanol–water partition coefficient (Wildman–Crippen LogP) is 1.20. The molecule has 0 saturated carbocycles. The van der Waals surface area contributed by atoms with Gasteiger partial charge < -0.3 is 25.6 Å².